The van der Waals surface area contributed by atoms with Gasteiger partial charge in [0.05, 0.1) is 0 Å². The van der Waals surface area contributed by atoms with E-state index in [4.69, 9.17) is 0 Å². The van der Waals surface area contributed by atoms with Crippen molar-refractivity contribution < 1.29 is 0 Å². The number of benzene rings is 2. The topological polar surface area (TPSA) is 12.0 Å². The third-order valence-electron chi connectivity index (χ3n) is 2.86. The van der Waals surface area contributed by atoms with Crippen LogP contribution in [0.5, 0.6) is 0 Å². The molecule has 0 unspecified atom stereocenters. The summed E-state index contributed by atoms with van der Waals surface area (Å²) in [5.41, 5.74) is 5.17. The monoisotopic (exact) mass is 211 g/mol. The normalized spacial score (nSPS) is 10.1. The van der Waals surface area contributed by atoms with Gasteiger partial charge in [0.25, 0.3) is 0 Å². The molecule has 0 aliphatic carbocycles. The number of nitrogens with one attached hydrogen (secondary N) is 1. The highest BCUT2D eigenvalue weighted by molar-refractivity contribution is 5.70. The summed E-state index contributed by atoms with van der Waals surface area (Å²) in [7, 11) is 1.95. The second-order valence-electron chi connectivity index (χ2n) is 3.84. The second-order valence-corrected chi connectivity index (χ2v) is 3.84. The van der Waals surface area contributed by atoms with Crippen molar-refractivity contribution in [3.63, 3.8) is 0 Å². The van der Waals surface area contributed by atoms with Gasteiger partial charge in [-0.2, -0.15) is 0 Å². The Balaban J connectivity index is 2.49. The summed E-state index contributed by atoms with van der Waals surface area (Å²) in [6, 6.07) is 17.1. The third kappa shape index (κ3) is 2.08. The quantitative estimate of drug-likeness (QED) is 0.810. The zero-order chi connectivity index (χ0) is 11.4. The van der Waals surface area contributed by atoms with Gasteiger partial charge in [0.15, 0.2) is 0 Å². The maximum atomic E-state index is 3.17. The molecule has 82 valence electrons. The second kappa shape index (κ2) is 4.84. The number of anilines is 1. The van der Waals surface area contributed by atoms with Gasteiger partial charge in [-0.15, -0.1) is 0 Å². The summed E-state index contributed by atoms with van der Waals surface area (Å²) in [5.74, 6) is 0. The van der Waals surface area contributed by atoms with Crippen LogP contribution in [0.25, 0.3) is 11.1 Å². The van der Waals surface area contributed by atoms with E-state index in [1.165, 1.54) is 16.7 Å². The molecule has 0 saturated carbocycles. The molecule has 0 amide bonds. The molecule has 0 heterocycles. The van der Waals surface area contributed by atoms with Crippen molar-refractivity contribution in [2.75, 3.05) is 12.4 Å². The van der Waals surface area contributed by atoms with E-state index >= 15 is 0 Å². The predicted octanol–water partition coefficient (Wildman–Crippen LogP) is 3.96. The summed E-state index contributed by atoms with van der Waals surface area (Å²) in [6.45, 7) is 2.20. The summed E-state index contributed by atoms with van der Waals surface area (Å²) >= 11 is 0. The third-order valence-corrected chi connectivity index (χ3v) is 2.86. The van der Waals surface area contributed by atoms with Gasteiger partial charge in [0.2, 0.25) is 0 Å². The maximum Gasteiger partial charge on any atom is 0.0343 e. The Morgan fingerprint density at radius 1 is 1.00 bits per heavy atom. The molecule has 0 aromatic heterocycles. The Bertz CT molecular complexity index is 474. The molecule has 0 aliphatic heterocycles. The molecule has 2 aromatic carbocycles. The van der Waals surface area contributed by atoms with Gasteiger partial charge in [0, 0.05) is 12.7 Å². The molecule has 1 heteroatoms. The first-order valence-corrected chi connectivity index (χ1v) is 5.71. The van der Waals surface area contributed by atoms with Gasteiger partial charge < -0.3 is 5.32 Å². The lowest BCUT2D eigenvalue weighted by Gasteiger charge is -2.09. The van der Waals surface area contributed by atoms with E-state index in [-0.39, 0.29) is 0 Å². The van der Waals surface area contributed by atoms with Crippen LogP contribution in [-0.4, -0.2) is 7.05 Å². The number of aryl methyl sites for hydroxylation is 1. The SMILES string of the molecule is CCc1ccccc1-c1cccc(NC)c1. The zero-order valence-corrected chi connectivity index (χ0v) is 9.83. The van der Waals surface area contributed by atoms with Crippen LogP contribution in [0.2, 0.25) is 0 Å². The van der Waals surface area contributed by atoms with Crippen LogP contribution < -0.4 is 5.32 Å². The zero-order valence-electron chi connectivity index (χ0n) is 9.83. The Kier molecular flexibility index (Phi) is 3.25. The lowest BCUT2D eigenvalue weighted by atomic mass is 9.98. The predicted molar refractivity (Wildman–Crippen MR) is 70.8 cm³/mol. The van der Waals surface area contributed by atoms with Crippen molar-refractivity contribution in [2.24, 2.45) is 0 Å². The van der Waals surface area contributed by atoms with E-state index in [9.17, 15) is 0 Å². The minimum atomic E-state index is 1.07. The largest absolute Gasteiger partial charge is 0.388 e. The van der Waals surface area contributed by atoms with Gasteiger partial charge in [-0.1, -0.05) is 43.3 Å². The van der Waals surface area contributed by atoms with Crippen LogP contribution in [0, 0.1) is 0 Å². The molecular weight excluding hydrogens is 194 g/mol. The van der Waals surface area contributed by atoms with Crippen LogP contribution >= 0.6 is 0 Å². The molecule has 0 saturated heterocycles. The first-order valence-electron chi connectivity index (χ1n) is 5.71. The highest BCUT2D eigenvalue weighted by atomic mass is 14.8. The van der Waals surface area contributed by atoms with Gasteiger partial charge >= 0.3 is 0 Å². The van der Waals surface area contributed by atoms with Gasteiger partial charge in [-0.25, -0.2) is 0 Å². The average molecular weight is 211 g/mol. The number of hydrogen-bond donors (Lipinski definition) is 1. The van der Waals surface area contributed by atoms with Crippen molar-refractivity contribution in [3.05, 3.63) is 54.1 Å². The number of rotatable bonds is 3. The van der Waals surface area contributed by atoms with Crippen molar-refractivity contribution >= 4 is 5.69 Å². The lowest BCUT2D eigenvalue weighted by molar-refractivity contribution is 1.14. The van der Waals surface area contributed by atoms with Crippen molar-refractivity contribution in [1.29, 1.82) is 0 Å². The fourth-order valence-corrected chi connectivity index (χ4v) is 1.95. The summed E-state index contributed by atoms with van der Waals surface area (Å²) < 4.78 is 0. The van der Waals surface area contributed by atoms with Crippen LogP contribution in [0.15, 0.2) is 48.5 Å². The Morgan fingerprint density at radius 3 is 2.56 bits per heavy atom. The Morgan fingerprint density at radius 2 is 1.81 bits per heavy atom. The Labute approximate surface area is 97.1 Å². The molecule has 2 aromatic rings. The minimum absolute atomic E-state index is 1.07. The molecule has 1 N–H and O–H groups in total. The van der Waals surface area contributed by atoms with Crippen LogP contribution in [0.4, 0.5) is 5.69 Å². The Hall–Kier alpha value is -1.76. The van der Waals surface area contributed by atoms with Crippen LogP contribution in [0.3, 0.4) is 0 Å². The number of hydrogen-bond acceptors (Lipinski definition) is 1. The van der Waals surface area contributed by atoms with Crippen LogP contribution in [0.1, 0.15) is 12.5 Å². The molecule has 0 aliphatic rings. The summed E-state index contributed by atoms with van der Waals surface area (Å²) in [6.07, 6.45) is 1.07. The molecule has 0 radical (unpaired) electrons. The first kappa shape index (κ1) is 10.7. The molecule has 0 spiro atoms. The summed E-state index contributed by atoms with van der Waals surface area (Å²) in [5, 5.41) is 3.17. The standard InChI is InChI=1S/C15H17N/c1-3-12-7-4-5-10-15(12)13-8-6-9-14(11-13)16-2/h4-11,16H,3H2,1-2H3. The maximum absolute atomic E-state index is 3.17. The fourth-order valence-electron chi connectivity index (χ4n) is 1.95. The lowest BCUT2D eigenvalue weighted by Crippen LogP contribution is -1.90. The van der Waals surface area contributed by atoms with E-state index in [1.807, 2.05) is 7.05 Å². The van der Waals surface area contributed by atoms with Gasteiger partial charge in [-0.3, -0.25) is 0 Å². The fraction of sp³-hybridized carbons (Fsp3) is 0.200. The molecule has 2 rings (SSSR count). The highest BCUT2D eigenvalue weighted by Gasteiger charge is 2.02. The van der Waals surface area contributed by atoms with Crippen molar-refractivity contribution in [3.8, 4) is 11.1 Å². The molecule has 16 heavy (non-hydrogen) atoms. The first-order chi connectivity index (χ1) is 7.85. The van der Waals surface area contributed by atoms with E-state index in [2.05, 4.69) is 60.8 Å². The van der Waals surface area contributed by atoms with Crippen molar-refractivity contribution in [1.82, 2.24) is 0 Å². The average Bonchev–Trinajstić information content (AvgIpc) is 2.38. The van der Waals surface area contributed by atoms with E-state index < -0.39 is 0 Å². The molecule has 0 bridgehead atoms. The highest BCUT2D eigenvalue weighted by Crippen LogP contribution is 2.26. The smallest absolute Gasteiger partial charge is 0.0343 e. The van der Waals surface area contributed by atoms with Crippen molar-refractivity contribution in [2.45, 2.75) is 13.3 Å². The minimum Gasteiger partial charge on any atom is -0.388 e. The van der Waals surface area contributed by atoms with Gasteiger partial charge in [-0.05, 0) is 35.2 Å². The van der Waals surface area contributed by atoms with Crippen LogP contribution in [-0.2, 0) is 6.42 Å². The molecule has 1 nitrogen and oxygen atoms in total. The van der Waals surface area contributed by atoms with Gasteiger partial charge in [0.1, 0.15) is 0 Å². The summed E-state index contributed by atoms with van der Waals surface area (Å²) in [4.78, 5) is 0. The van der Waals surface area contributed by atoms with E-state index in [1.54, 1.807) is 0 Å². The molecular formula is C15H17N. The van der Waals surface area contributed by atoms with E-state index in [0.717, 1.165) is 12.1 Å². The van der Waals surface area contributed by atoms with E-state index in [0.29, 0.717) is 0 Å². The molecule has 0 fully saturated rings. The molecule has 0 atom stereocenters.